The van der Waals surface area contributed by atoms with Crippen LogP contribution in [0.25, 0.3) is 0 Å². The normalized spacial score (nSPS) is 12.8. The van der Waals surface area contributed by atoms with Crippen LogP contribution in [0, 0.1) is 0 Å². The number of ether oxygens (including phenoxy) is 1. The van der Waals surface area contributed by atoms with Crippen molar-refractivity contribution in [3.05, 3.63) is 12.7 Å². The van der Waals surface area contributed by atoms with Gasteiger partial charge < -0.3 is 9.84 Å². The molecule has 0 saturated heterocycles. The highest BCUT2D eigenvalue weighted by molar-refractivity contribution is 4.73. The van der Waals surface area contributed by atoms with Gasteiger partial charge in [0.05, 0.1) is 6.10 Å². The molecule has 1 atom stereocenters. The lowest BCUT2D eigenvalue weighted by molar-refractivity contribution is 0.0362. The average molecular weight is 172 g/mol. The third kappa shape index (κ3) is 6.38. The molecular formula is C10H20O2. The molecule has 2 nitrogen and oxygen atoms in total. The maximum atomic E-state index is 8.71. The predicted molar refractivity (Wildman–Crippen MR) is 51.2 cm³/mol. The Morgan fingerprint density at radius 2 is 2.33 bits per heavy atom. The fourth-order valence-electron chi connectivity index (χ4n) is 0.993. The van der Waals surface area contributed by atoms with Crippen molar-refractivity contribution in [1.29, 1.82) is 0 Å². The lowest BCUT2D eigenvalue weighted by Gasteiger charge is -2.14. The van der Waals surface area contributed by atoms with E-state index >= 15 is 0 Å². The van der Waals surface area contributed by atoms with E-state index in [2.05, 4.69) is 13.5 Å². The van der Waals surface area contributed by atoms with E-state index in [1.54, 1.807) is 0 Å². The summed E-state index contributed by atoms with van der Waals surface area (Å²) in [5, 5.41) is 8.71. The SMILES string of the molecule is C=CCC(CCO)OCCCC. The number of unbranched alkanes of at least 4 members (excludes halogenated alkanes) is 1. The number of aliphatic hydroxyl groups excluding tert-OH is 1. The molecule has 0 aromatic carbocycles. The number of rotatable bonds is 8. The van der Waals surface area contributed by atoms with Gasteiger partial charge in [0, 0.05) is 13.2 Å². The zero-order valence-corrected chi connectivity index (χ0v) is 7.96. The monoisotopic (exact) mass is 172 g/mol. The summed E-state index contributed by atoms with van der Waals surface area (Å²) >= 11 is 0. The molecule has 0 aliphatic carbocycles. The van der Waals surface area contributed by atoms with E-state index in [1.807, 2.05) is 6.08 Å². The second-order valence-electron chi connectivity index (χ2n) is 2.88. The topological polar surface area (TPSA) is 29.5 Å². The van der Waals surface area contributed by atoms with Crippen molar-refractivity contribution in [1.82, 2.24) is 0 Å². The molecule has 0 radical (unpaired) electrons. The van der Waals surface area contributed by atoms with Crippen LogP contribution in [-0.2, 0) is 4.74 Å². The van der Waals surface area contributed by atoms with Crippen LogP contribution in [0.4, 0.5) is 0 Å². The van der Waals surface area contributed by atoms with Crippen LogP contribution in [-0.4, -0.2) is 24.4 Å². The molecule has 1 N–H and O–H groups in total. The Balaban J connectivity index is 3.40. The highest BCUT2D eigenvalue weighted by Crippen LogP contribution is 2.05. The van der Waals surface area contributed by atoms with Gasteiger partial charge in [-0.05, 0) is 19.3 Å². The van der Waals surface area contributed by atoms with E-state index in [0.717, 1.165) is 32.3 Å². The molecule has 0 saturated carbocycles. The van der Waals surface area contributed by atoms with Crippen molar-refractivity contribution in [3.8, 4) is 0 Å². The molecule has 0 spiro atoms. The smallest absolute Gasteiger partial charge is 0.0631 e. The molecule has 0 heterocycles. The van der Waals surface area contributed by atoms with Crippen molar-refractivity contribution in [2.45, 2.75) is 38.7 Å². The number of hydrogen-bond acceptors (Lipinski definition) is 2. The molecular weight excluding hydrogens is 152 g/mol. The highest BCUT2D eigenvalue weighted by Gasteiger charge is 2.04. The third-order valence-corrected chi connectivity index (χ3v) is 1.73. The molecule has 0 bridgehead atoms. The van der Waals surface area contributed by atoms with Crippen molar-refractivity contribution in [3.63, 3.8) is 0 Å². The minimum atomic E-state index is 0.166. The predicted octanol–water partition coefficient (Wildman–Crippen LogP) is 2.13. The van der Waals surface area contributed by atoms with Crippen molar-refractivity contribution in [2.24, 2.45) is 0 Å². The maximum absolute atomic E-state index is 8.71. The summed E-state index contributed by atoms with van der Waals surface area (Å²) < 4.78 is 5.53. The highest BCUT2D eigenvalue weighted by atomic mass is 16.5. The van der Waals surface area contributed by atoms with Crippen LogP contribution in [0.3, 0.4) is 0 Å². The van der Waals surface area contributed by atoms with E-state index in [1.165, 1.54) is 0 Å². The molecule has 0 aromatic heterocycles. The van der Waals surface area contributed by atoms with Crippen molar-refractivity contribution >= 4 is 0 Å². The van der Waals surface area contributed by atoms with Crippen LogP contribution in [0.5, 0.6) is 0 Å². The van der Waals surface area contributed by atoms with Crippen molar-refractivity contribution < 1.29 is 9.84 Å². The Morgan fingerprint density at radius 3 is 2.83 bits per heavy atom. The molecule has 0 rings (SSSR count). The van der Waals surface area contributed by atoms with E-state index in [-0.39, 0.29) is 12.7 Å². The minimum absolute atomic E-state index is 0.166. The second kappa shape index (κ2) is 8.75. The van der Waals surface area contributed by atoms with Gasteiger partial charge in [-0.2, -0.15) is 0 Å². The average Bonchev–Trinajstić information content (AvgIpc) is 2.06. The quantitative estimate of drug-likeness (QED) is 0.449. The molecule has 0 aromatic rings. The van der Waals surface area contributed by atoms with Gasteiger partial charge in [0.15, 0.2) is 0 Å². The molecule has 2 heteroatoms. The summed E-state index contributed by atoms with van der Waals surface area (Å²) in [6, 6.07) is 0. The molecule has 12 heavy (non-hydrogen) atoms. The first-order valence-corrected chi connectivity index (χ1v) is 4.68. The maximum Gasteiger partial charge on any atom is 0.0631 e. The number of hydrogen-bond donors (Lipinski definition) is 1. The summed E-state index contributed by atoms with van der Waals surface area (Å²) in [5.74, 6) is 0. The Labute approximate surface area is 75.2 Å². The zero-order valence-electron chi connectivity index (χ0n) is 7.96. The summed E-state index contributed by atoms with van der Waals surface area (Å²) in [5.41, 5.74) is 0. The van der Waals surface area contributed by atoms with Gasteiger partial charge in [0.2, 0.25) is 0 Å². The number of aliphatic hydroxyl groups is 1. The van der Waals surface area contributed by atoms with Crippen LogP contribution in [0.15, 0.2) is 12.7 Å². The molecule has 0 aliphatic rings. The molecule has 0 fully saturated rings. The van der Waals surface area contributed by atoms with Crippen LogP contribution in [0.1, 0.15) is 32.6 Å². The Bertz CT molecular complexity index is 102. The van der Waals surface area contributed by atoms with Crippen LogP contribution in [0.2, 0.25) is 0 Å². The van der Waals surface area contributed by atoms with Gasteiger partial charge in [-0.3, -0.25) is 0 Å². The van der Waals surface area contributed by atoms with E-state index in [9.17, 15) is 0 Å². The Hall–Kier alpha value is -0.340. The standard InChI is InChI=1S/C10H20O2/c1-3-5-9-12-10(6-4-2)7-8-11/h4,10-11H,2-3,5-9H2,1H3. The zero-order chi connectivity index (χ0) is 9.23. The first-order valence-electron chi connectivity index (χ1n) is 4.68. The lowest BCUT2D eigenvalue weighted by Crippen LogP contribution is -2.14. The summed E-state index contributed by atoms with van der Waals surface area (Å²) in [6.07, 6.45) is 5.81. The lowest BCUT2D eigenvalue weighted by atomic mass is 10.2. The van der Waals surface area contributed by atoms with Gasteiger partial charge in [-0.1, -0.05) is 19.4 Å². The molecule has 0 amide bonds. The van der Waals surface area contributed by atoms with Crippen LogP contribution < -0.4 is 0 Å². The Morgan fingerprint density at radius 1 is 1.58 bits per heavy atom. The summed E-state index contributed by atoms with van der Waals surface area (Å²) in [6.45, 7) is 6.79. The Kier molecular flexibility index (Phi) is 8.51. The summed E-state index contributed by atoms with van der Waals surface area (Å²) in [4.78, 5) is 0. The van der Waals surface area contributed by atoms with Gasteiger partial charge in [-0.25, -0.2) is 0 Å². The van der Waals surface area contributed by atoms with E-state index < -0.39 is 0 Å². The summed E-state index contributed by atoms with van der Waals surface area (Å²) in [7, 11) is 0. The molecule has 1 unspecified atom stereocenters. The fourth-order valence-corrected chi connectivity index (χ4v) is 0.993. The second-order valence-corrected chi connectivity index (χ2v) is 2.88. The first-order chi connectivity index (χ1) is 5.85. The largest absolute Gasteiger partial charge is 0.396 e. The van der Waals surface area contributed by atoms with Gasteiger partial charge in [0.1, 0.15) is 0 Å². The first kappa shape index (κ1) is 11.7. The van der Waals surface area contributed by atoms with Gasteiger partial charge in [0.25, 0.3) is 0 Å². The fraction of sp³-hybridized carbons (Fsp3) is 0.800. The van der Waals surface area contributed by atoms with Crippen molar-refractivity contribution in [2.75, 3.05) is 13.2 Å². The van der Waals surface area contributed by atoms with Crippen LogP contribution >= 0.6 is 0 Å². The van der Waals surface area contributed by atoms with Gasteiger partial charge >= 0.3 is 0 Å². The molecule has 0 aliphatic heterocycles. The minimum Gasteiger partial charge on any atom is -0.396 e. The third-order valence-electron chi connectivity index (χ3n) is 1.73. The van der Waals surface area contributed by atoms with E-state index in [0.29, 0.717) is 0 Å². The van der Waals surface area contributed by atoms with Gasteiger partial charge in [-0.15, -0.1) is 6.58 Å². The van der Waals surface area contributed by atoms with E-state index in [4.69, 9.17) is 9.84 Å². The molecule has 72 valence electrons.